The summed E-state index contributed by atoms with van der Waals surface area (Å²) in [6.45, 7) is 1.99. The molecule has 6 nitrogen and oxygen atoms in total. The second-order valence-corrected chi connectivity index (χ2v) is 7.40. The van der Waals surface area contributed by atoms with Crippen LogP contribution in [0, 0.1) is 17.0 Å². The van der Waals surface area contributed by atoms with Crippen LogP contribution in [0.15, 0.2) is 59.4 Å². The van der Waals surface area contributed by atoms with Gasteiger partial charge in [0.05, 0.1) is 10.3 Å². The largest absolute Gasteiger partial charge is 0.310 e. The number of nitrogens with zero attached hydrogens (tertiary/aromatic N) is 2. The molecule has 0 aliphatic carbocycles. The lowest BCUT2D eigenvalue weighted by Gasteiger charge is -2.03. The maximum Gasteiger partial charge on any atom is 0.269 e. The molecule has 134 valence electrons. The molecule has 1 N–H and O–H groups in total. The Hall–Kier alpha value is -3.32. The first kappa shape index (κ1) is 17.1. The van der Waals surface area contributed by atoms with E-state index in [0.717, 1.165) is 21.6 Å². The molecule has 0 aliphatic rings. The summed E-state index contributed by atoms with van der Waals surface area (Å²) in [5.74, 6) is 0.544. The van der Waals surface area contributed by atoms with Gasteiger partial charge in [-0.2, -0.15) is 0 Å². The number of nitro groups is 1. The lowest BCUT2D eigenvalue weighted by atomic mass is 10.0. The van der Waals surface area contributed by atoms with Gasteiger partial charge in [0, 0.05) is 29.0 Å². The van der Waals surface area contributed by atoms with Gasteiger partial charge in [-0.05, 0) is 18.1 Å². The molecule has 2 aromatic heterocycles. The third kappa shape index (κ3) is 3.24. The maximum absolute atomic E-state index is 12.8. The van der Waals surface area contributed by atoms with Gasteiger partial charge in [-0.1, -0.05) is 42.5 Å². The topological polar surface area (TPSA) is 88.9 Å². The first-order valence-corrected chi connectivity index (χ1v) is 9.15. The monoisotopic (exact) mass is 377 g/mol. The molecule has 0 saturated carbocycles. The molecule has 0 saturated heterocycles. The molecule has 2 heterocycles. The minimum absolute atomic E-state index is 0.0389. The molecular weight excluding hydrogens is 362 g/mol. The number of fused-ring (bicyclic) bond motifs is 1. The quantitative estimate of drug-likeness (QED) is 0.420. The Morgan fingerprint density at radius 2 is 1.81 bits per heavy atom. The van der Waals surface area contributed by atoms with Crippen molar-refractivity contribution in [3.05, 3.63) is 91.3 Å². The van der Waals surface area contributed by atoms with Crippen molar-refractivity contribution in [2.24, 2.45) is 0 Å². The number of aryl methyl sites for hydroxylation is 1. The van der Waals surface area contributed by atoms with E-state index in [1.165, 1.54) is 23.5 Å². The molecule has 4 aromatic rings. The number of hydrogen-bond acceptors (Lipinski definition) is 5. The van der Waals surface area contributed by atoms with Crippen LogP contribution >= 0.6 is 11.3 Å². The zero-order chi connectivity index (χ0) is 19.0. The lowest BCUT2D eigenvalue weighted by Crippen LogP contribution is -2.11. The van der Waals surface area contributed by atoms with Crippen molar-refractivity contribution in [3.8, 4) is 11.1 Å². The van der Waals surface area contributed by atoms with Crippen LogP contribution in [-0.2, 0) is 6.42 Å². The zero-order valence-corrected chi connectivity index (χ0v) is 15.2. The van der Waals surface area contributed by atoms with Gasteiger partial charge < -0.3 is 4.98 Å². The van der Waals surface area contributed by atoms with E-state index in [-0.39, 0.29) is 11.2 Å². The normalized spacial score (nSPS) is 11.0. The van der Waals surface area contributed by atoms with Crippen molar-refractivity contribution >= 4 is 27.2 Å². The van der Waals surface area contributed by atoms with Crippen molar-refractivity contribution in [2.75, 3.05) is 0 Å². The van der Waals surface area contributed by atoms with Crippen LogP contribution in [-0.4, -0.2) is 14.9 Å². The summed E-state index contributed by atoms with van der Waals surface area (Å²) in [7, 11) is 0. The SMILES string of the molecule is Cc1sc2nc(Cc3ccc([N+](=O)[O-])cc3)[nH]c(=O)c2c1-c1ccccc1. The fourth-order valence-electron chi connectivity index (χ4n) is 3.13. The Labute approximate surface area is 158 Å². The van der Waals surface area contributed by atoms with Crippen LogP contribution in [0.4, 0.5) is 5.69 Å². The predicted molar refractivity (Wildman–Crippen MR) is 106 cm³/mol. The Balaban J connectivity index is 1.75. The first-order chi connectivity index (χ1) is 13.0. The average Bonchev–Trinajstić information content (AvgIpc) is 2.99. The highest BCUT2D eigenvalue weighted by atomic mass is 32.1. The smallest absolute Gasteiger partial charge is 0.269 e. The van der Waals surface area contributed by atoms with Crippen molar-refractivity contribution < 1.29 is 4.92 Å². The summed E-state index contributed by atoms with van der Waals surface area (Å²) in [6.07, 6.45) is 0.404. The summed E-state index contributed by atoms with van der Waals surface area (Å²) >= 11 is 1.50. The summed E-state index contributed by atoms with van der Waals surface area (Å²) in [5, 5.41) is 11.4. The Morgan fingerprint density at radius 3 is 2.48 bits per heavy atom. The number of non-ortho nitro benzene ring substituents is 1. The molecular formula is C20H15N3O3S. The molecule has 0 fully saturated rings. The highest BCUT2D eigenvalue weighted by molar-refractivity contribution is 7.19. The lowest BCUT2D eigenvalue weighted by molar-refractivity contribution is -0.384. The van der Waals surface area contributed by atoms with Crippen molar-refractivity contribution in [2.45, 2.75) is 13.3 Å². The van der Waals surface area contributed by atoms with E-state index < -0.39 is 4.92 Å². The van der Waals surface area contributed by atoms with Crippen LogP contribution < -0.4 is 5.56 Å². The molecule has 0 radical (unpaired) electrons. The van der Waals surface area contributed by atoms with E-state index in [4.69, 9.17) is 0 Å². The van der Waals surface area contributed by atoms with E-state index in [1.54, 1.807) is 12.1 Å². The number of nitrogens with one attached hydrogen (secondary N) is 1. The first-order valence-electron chi connectivity index (χ1n) is 8.34. The van der Waals surface area contributed by atoms with Gasteiger partial charge in [0.1, 0.15) is 10.7 Å². The third-order valence-corrected chi connectivity index (χ3v) is 5.37. The summed E-state index contributed by atoms with van der Waals surface area (Å²) in [4.78, 5) is 32.3. The van der Waals surface area contributed by atoms with Gasteiger partial charge in [0.15, 0.2) is 0 Å². The van der Waals surface area contributed by atoms with Crippen molar-refractivity contribution in [1.82, 2.24) is 9.97 Å². The highest BCUT2D eigenvalue weighted by Crippen LogP contribution is 2.35. The summed E-state index contributed by atoms with van der Waals surface area (Å²) in [5.41, 5.74) is 2.64. The fourth-order valence-corrected chi connectivity index (χ4v) is 4.19. The number of rotatable bonds is 4. The van der Waals surface area contributed by atoms with Gasteiger partial charge in [-0.25, -0.2) is 4.98 Å². The molecule has 0 aliphatic heterocycles. The molecule has 0 atom stereocenters. The van der Waals surface area contributed by atoms with E-state index in [9.17, 15) is 14.9 Å². The number of aromatic amines is 1. The minimum atomic E-state index is -0.435. The molecule has 27 heavy (non-hydrogen) atoms. The Kier molecular flexibility index (Phi) is 4.29. The fraction of sp³-hybridized carbons (Fsp3) is 0.100. The number of benzene rings is 2. The number of aromatic nitrogens is 2. The highest BCUT2D eigenvalue weighted by Gasteiger charge is 2.16. The van der Waals surface area contributed by atoms with Crippen LogP contribution in [0.3, 0.4) is 0 Å². The standard InChI is InChI=1S/C20H15N3O3S/c1-12-17(14-5-3-2-4-6-14)18-19(24)21-16(22-20(18)27-12)11-13-7-9-15(10-8-13)23(25)26/h2-10H,11H2,1H3,(H,21,22,24). The molecule has 7 heteroatoms. The Bertz CT molecular complexity index is 1200. The van der Waals surface area contributed by atoms with Crippen molar-refractivity contribution in [1.29, 1.82) is 0 Å². The number of nitro benzene ring substituents is 1. The Morgan fingerprint density at radius 1 is 1.11 bits per heavy atom. The number of H-pyrrole nitrogens is 1. The average molecular weight is 377 g/mol. The molecule has 0 amide bonds. The minimum Gasteiger partial charge on any atom is -0.310 e. The van der Waals surface area contributed by atoms with E-state index in [1.807, 2.05) is 37.3 Å². The van der Waals surface area contributed by atoms with Crippen LogP contribution in [0.5, 0.6) is 0 Å². The third-order valence-electron chi connectivity index (χ3n) is 4.37. The van der Waals surface area contributed by atoms with Gasteiger partial charge >= 0.3 is 0 Å². The van der Waals surface area contributed by atoms with Gasteiger partial charge in [-0.3, -0.25) is 14.9 Å². The summed E-state index contributed by atoms with van der Waals surface area (Å²) < 4.78 is 0. The molecule has 2 aromatic carbocycles. The van der Waals surface area contributed by atoms with Crippen LogP contribution in [0.2, 0.25) is 0 Å². The molecule has 0 unspecified atom stereocenters. The van der Waals surface area contributed by atoms with E-state index in [0.29, 0.717) is 22.5 Å². The van der Waals surface area contributed by atoms with E-state index in [2.05, 4.69) is 9.97 Å². The summed E-state index contributed by atoms with van der Waals surface area (Å²) in [6, 6.07) is 16.1. The second-order valence-electron chi connectivity index (χ2n) is 6.19. The number of thiophene rings is 1. The predicted octanol–water partition coefficient (Wildman–Crippen LogP) is 4.46. The van der Waals surface area contributed by atoms with E-state index >= 15 is 0 Å². The van der Waals surface area contributed by atoms with Gasteiger partial charge in [0.25, 0.3) is 11.2 Å². The molecule has 0 spiro atoms. The van der Waals surface area contributed by atoms with Crippen molar-refractivity contribution in [3.63, 3.8) is 0 Å². The van der Waals surface area contributed by atoms with Crippen LogP contribution in [0.1, 0.15) is 16.3 Å². The maximum atomic E-state index is 12.8. The van der Waals surface area contributed by atoms with Crippen LogP contribution in [0.25, 0.3) is 21.3 Å². The second kappa shape index (κ2) is 6.77. The zero-order valence-electron chi connectivity index (χ0n) is 14.4. The molecule has 0 bridgehead atoms. The molecule has 4 rings (SSSR count). The van der Waals surface area contributed by atoms with Gasteiger partial charge in [-0.15, -0.1) is 11.3 Å². The number of hydrogen-bond donors (Lipinski definition) is 1. The van der Waals surface area contributed by atoms with Gasteiger partial charge in [0.2, 0.25) is 0 Å².